The summed E-state index contributed by atoms with van der Waals surface area (Å²) in [5.41, 5.74) is 15.3. The van der Waals surface area contributed by atoms with Crippen LogP contribution in [0, 0.1) is 0 Å². The standard InChI is InChI=1S/C30H23N3O3.C22H17N3O/c34-29(23-12-7-13-25(18-23)31-30(35)36-20-22-10-5-2-6-11-22)24-15-16-26-27(32-33-28(26)19-24)17-14-21-8-3-1-4-9-21;23-18-8-4-7-16(13-18)22(26)17-10-11-19-20(24-25-21(19)14-17)12-9-15-5-2-1-3-6-15/h1-19H,20H2,(H,31,35)(H,32,33);1-14H,23H2,(H,24,25)/b17-14+;12-9+. The molecule has 0 atom stereocenters. The fraction of sp³-hybridized carbons (Fsp3) is 0.0192. The van der Waals surface area contributed by atoms with Gasteiger partial charge in [0.2, 0.25) is 0 Å². The van der Waals surface area contributed by atoms with Crippen LogP contribution in [0.4, 0.5) is 16.2 Å². The Balaban J connectivity index is 0.000000180. The Hall–Kier alpha value is -8.63. The van der Waals surface area contributed by atoms with Crippen molar-refractivity contribution >= 4 is 75.1 Å². The van der Waals surface area contributed by atoms with E-state index in [1.165, 1.54) is 0 Å². The smallest absolute Gasteiger partial charge is 0.411 e. The highest BCUT2D eigenvalue weighted by atomic mass is 16.5. The van der Waals surface area contributed by atoms with Gasteiger partial charge in [-0.2, -0.15) is 10.2 Å². The van der Waals surface area contributed by atoms with E-state index in [1.54, 1.807) is 60.7 Å². The van der Waals surface area contributed by atoms with Crippen LogP contribution in [-0.4, -0.2) is 38.1 Å². The first kappa shape index (κ1) is 40.2. The molecule has 0 bridgehead atoms. The number of aromatic nitrogens is 4. The summed E-state index contributed by atoms with van der Waals surface area (Å²) < 4.78 is 5.26. The van der Waals surface area contributed by atoms with E-state index in [0.717, 1.165) is 49.9 Å². The minimum absolute atomic E-state index is 0.0600. The lowest BCUT2D eigenvalue weighted by Gasteiger charge is -2.08. The molecule has 0 radical (unpaired) electrons. The number of nitrogens with one attached hydrogen (secondary N) is 3. The number of amides is 1. The molecule has 10 nitrogen and oxygen atoms in total. The van der Waals surface area contributed by atoms with Crippen LogP contribution in [0.1, 0.15) is 59.9 Å². The molecule has 0 spiro atoms. The largest absolute Gasteiger partial charge is 0.444 e. The van der Waals surface area contributed by atoms with Gasteiger partial charge in [0.05, 0.1) is 22.4 Å². The van der Waals surface area contributed by atoms with E-state index in [0.29, 0.717) is 33.6 Å². The van der Waals surface area contributed by atoms with E-state index in [-0.39, 0.29) is 18.2 Å². The Labute approximate surface area is 357 Å². The molecule has 0 unspecified atom stereocenters. The van der Waals surface area contributed by atoms with Crippen molar-refractivity contribution in [2.45, 2.75) is 6.61 Å². The number of hydrogen-bond donors (Lipinski definition) is 4. The summed E-state index contributed by atoms with van der Waals surface area (Å²) >= 11 is 0. The second kappa shape index (κ2) is 19.0. The lowest BCUT2D eigenvalue weighted by atomic mass is 10.0. The van der Waals surface area contributed by atoms with Crippen LogP contribution in [0.2, 0.25) is 0 Å². The Morgan fingerprint density at radius 1 is 0.516 bits per heavy atom. The predicted octanol–water partition coefficient (Wildman–Crippen LogP) is 11.3. The third-order valence-electron chi connectivity index (χ3n) is 9.91. The second-order valence-electron chi connectivity index (χ2n) is 14.3. The van der Waals surface area contributed by atoms with Gasteiger partial charge in [-0.3, -0.25) is 25.1 Å². The van der Waals surface area contributed by atoms with Crippen LogP contribution in [0.5, 0.6) is 0 Å². The van der Waals surface area contributed by atoms with E-state index in [2.05, 4.69) is 25.7 Å². The number of benzene rings is 7. The number of ketones is 2. The fourth-order valence-electron chi connectivity index (χ4n) is 6.73. The minimum Gasteiger partial charge on any atom is -0.444 e. The maximum Gasteiger partial charge on any atom is 0.411 e. The quantitative estimate of drug-likeness (QED) is 0.0748. The summed E-state index contributed by atoms with van der Waals surface area (Å²) in [5.74, 6) is -0.218. The highest BCUT2D eigenvalue weighted by Crippen LogP contribution is 2.24. The number of fused-ring (bicyclic) bond motifs is 2. The van der Waals surface area contributed by atoms with Crippen LogP contribution >= 0.6 is 0 Å². The van der Waals surface area contributed by atoms with Crippen LogP contribution in [0.25, 0.3) is 46.1 Å². The van der Waals surface area contributed by atoms with Gasteiger partial charge in [-0.15, -0.1) is 0 Å². The van der Waals surface area contributed by atoms with Crippen LogP contribution in [0.3, 0.4) is 0 Å². The number of nitrogens with two attached hydrogens (primary N) is 1. The van der Waals surface area contributed by atoms with Gasteiger partial charge in [0.1, 0.15) is 6.61 Å². The van der Waals surface area contributed by atoms with Gasteiger partial charge in [0.15, 0.2) is 11.6 Å². The average Bonchev–Trinajstić information content (AvgIpc) is 3.93. The van der Waals surface area contributed by atoms with Crippen molar-refractivity contribution in [3.63, 3.8) is 0 Å². The number of nitrogen functional groups attached to an aromatic ring is 1. The molecule has 0 fully saturated rings. The van der Waals surface area contributed by atoms with Crippen molar-refractivity contribution in [2.75, 3.05) is 11.1 Å². The molecule has 9 rings (SSSR count). The molecular formula is C52H40N6O4. The van der Waals surface area contributed by atoms with Gasteiger partial charge in [-0.1, -0.05) is 140 Å². The number of nitrogens with zero attached hydrogens (tertiary/aromatic N) is 2. The SMILES string of the molecule is Nc1cccc(C(=O)c2ccc3c(/C=C/c4ccccc4)n[nH]c3c2)c1.O=C(Nc1cccc(C(=O)c2ccc3c(/C=C/c4ccccc4)n[nH]c3c2)c1)OCc1ccccc1. The van der Waals surface area contributed by atoms with Crippen molar-refractivity contribution in [3.8, 4) is 0 Å². The zero-order valence-corrected chi connectivity index (χ0v) is 33.4. The molecule has 0 saturated carbocycles. The predicted molar refractivity (Wildman–Crippen MR) is 247 cm³/mol. The van der Waals surface area contributed by atoms with Crippen molar-refractivity contribution in [2.24, 2.45) is 0 Å². The normalized spacial score (nSPS) is 11.1. The third kappa shape index (κ3) is 9.96. The number of anilines is 2. The first-order valence-electron chi connectivity index (χ1n) is 19.8. The lowest BCUT2D eigenvalue weighted by molar-refractivity contribution is 0.103. The molecule has 0 aliphatic carbocycles. The third-order valence-corrected chi connectivity index (χ3v) is 9.91. The van der Waals surface area contributed by atoms with Crippen molar-refractivity contribution in [3.05, 3.63) is 226 Å². The van der Waals surface area contributed by atoms with E-state index in [9.17, 15) is 14.4 Å². The molecule has 0 aliphatic heterocycles. The molecule has 2 aromatic heterocycles. The van der Waals surface area contributed by atoms with Gasteiger partial charge in [-0.25, -0.2) is 4.79 Å². The topological polar surface area (TPSA) is 156 Å². The van der Waals surface area contributed by atoms with Crippen molar-refractivity contribution in [1.29, 1.82) is 0 Å². The Kier molecular flexibility index (Phi) is 12.3. The highest BCUT2D eigenvalue weighted by molar-refractivity contribution is 6.12. The molecule has 62 heavy (non-hydrogen) atoms. The van der Waals surface area contributed by atoms with Crippen LogP contribution in [-0.2, 0) is 11.3 Å². The van der Waals surface area contributed by atoms with E-state index in [4.69, 9.17) is 10.5 Å². The molecule has 7 aromatic carbocycles. The van der Waals surface area contributed by atoms with Gasteiger partial charge >= 0.3 is 6.09 Å². The number of ether oxygens (including phenoxy) is 1. The molecule has 0 saturated heterocycles. The molecule has 2 heterocycles. The van der Waals surface area contributed by atoms with Gasteiger partial charge in [-0.05, 0) is 77.4 Å². The number of aromatic amines is 2. The van der Waals surface area contributed by atoms with Crippen LogP contribution in [0.15, 0.2) is 176 Å². The Morgan fingerprint density at radius 2 is 1.00 bits per heavy atom. The zero-order valence-electron chi connectivity index (χ0n) is 33.4. The molecule has 0 aliphatic rings. The van der Waals surface area contributed by atoms with Gasteiger partial charge < -0.3 is 10.5 Å². The molecule has 9 aromatic rings. The number of carbonyl (C=O) groups is 3. The Morgan fingerprint density at radius 3 is 1.53 bits per heavy atom. The maximum absolute atomic E-state index is 13.2. The van der Waals surface area contributed by atoms with E-state index >= 15 is 0 Å². The zero-order chi connectivity index (χ0) is 42.7. The summed E-state index contributed by atoms with van der Waals surface area (Å²) in [6, 6.07) is 54.3. The molecule has 302 valence electrons. The maximum atomic E-state index is 13.2. The lowest BCUT2D eigenvalue weighted by Crippen LogP contribution is -2.14. The Bertz CT molecular complexity index is 3060. The first-order valence-corrected chi connectivity index (χ1v) is 19.8. The number of H-pyrrole nitrogens is 2. The van der Waals surface area contributed by atoms with E-state index in [1.807, 2.05) is 140 Å². The number of hydrogen-bond acceptors (Lipinski definition) is 7. The summed E-state index contributed by atoms with van der Waals surface area (Å²) in [7, 11) is 0. The molecule has 10 heteroatoms. The molecule has 5 N–H and O–H groups in total. The average molecular weight is 813 g/mol. The first-order chi connectivity index (χ1) is 30.4. The number of rotatable bonds is 11. The van der Waals surface area contributed by atoms with E-state index < -0.39 is 6.09 Å². The van der Waals surface area contributed by atoms with Gasteiger partial charge in [0.25, 0.3) is 0 Å². The summed E-state index contributed by atoms with van der Waals surface area (Å²) in [5, 5.41) is 19.3. The fourth-order valence-corrected chi connectivity index (χ4v) is 6.73. The van der Waals surface area contributed by atoms with Gasteiger partial charge in [0, 0.05) is 44.4 Å². The van der Waals surface area contributed by atoms with Crippen molar-refractivity contribution in [1.82, 2.24) is 20.4 Å². The second-order valence-corrected chi connectivity index (χ2v) is 14.3. The number of carbonyl (C=O) groups excluding carboxylic acids is 3. The molecule has 1 amide bonds. The molecular weight excluding hydrogens is 773 g/mol. The monoisotopic (exact) mass is 812 g/mol. The summed E-state index contributed by atoms with van der Waals surface area (Å²) in [4.78, 5) is 38.0. The minimum atomic E-state index is -0.585. The summed E-state index contributed by atoms with van der Waals surface area (Å²) in [6.07, 6.45) is 7.34. The van der Waals surface area contributed by atoms with Crippen LogP contribution < -0.4 is 11.1 Å². The van der Waals surface area contributed by atoms with Crippen molar-refractivity contribution < 1.29 is 19.1 Å². The highest BCUT2D eigenvalue weighted by Gasteiger charge is 2.15. The summed E-state index contributed by atoms with van der Waals surface area (Å²) in [6.45, 7) is 0.165.